The lowest BCUT2D eigenvalue weighted by atomic mass is 10.1. The maximum Gasteiger partial charge on any atom is 0.233 e. The predicted molar refractivity (Wildman–Crippen MR) is 83.3 cm³/mol. The number of benzene rings is 1. The van der Waals surface area contributed by atoms with E-state index in [1.807, 2.05) is 43.3 Å². The highest BCUT2D eigenvalue weighted by Crippen LogP contribution is 2.12. The summed E-state index contributed by atoms with van der Waals surface area (Å²) in [5.74, 6) is 0.789. The number of hydrogen-bond acceptors (Lipinski definition) is 3. The first-order valence-electron chi connectivity index (χ1n) is 6.93. The zero-order valence-corrected chi connectivity index (χ0v) is 12.7. The van der Waals surface area contributed by atoms with E-state index >= 15 is 0 Å². The summed E-state index contributed by atoms with van der Waals surface area (Å²) >= 11 is 5.91. The lowest BCUT2D eigenvalue weighted by Gasteiger charge is -2.11. The predicted octanol–water partition coefficient (Wildman–Crippen LogP) is 2.94. The van der Waals surface area contributed by atoms with Gasteiger partial charge in [-0.25, -0.2) is 0 Å². The van der Waals surface area contributed by atoms with Gasteiger partial charge in [-0.2, -0.15) is 0 Å². The molecule has 4 nitrogen and oxygen atoms in total. The SMILES string of the molecule is C[C@H](NCC(=O)NCCc1cccc(Cl)c1)c1ccco1. The Hall–Kier alpha value is -1.78. The molecule has 2 rings (SSSR count). The Kier molecular flexibility index (Phi) is 5.84. The summed E-state index contributed by atoms with van der Waals surface area (Å²) in [5, 5.41) is 6.71. The van der Waals surface area contributed by atoms with Gasteiger partial charge < -0.3 is 9.73 Å². The van der Waals surface area contributed by atoms with Crippen molar-refractivity contribution in [2.24, 2.45) is 0 Å². The number of rotatable bonds is 7. The van der Waals surface area contributed by atoms with Crippen molar-refractivity contribution >= 4 is 17.5 Å². The smallest absolute Gasteiger partial charge is 0.233 e. The van der Waals surface area contributed by atoms with Crippen LogP contribution in [0.25, 0.3) is 0 Å². The first kappa shape index (κ1) is 15.6. The largest absolute Gasteiger partial charge is 0.468 e. The van der Waals surface area contributed by atoms with Gasteiger partial charge in [-0.05, 0) is 43.2 Å². The lowest BCUT2D eigenvalue weighted by molar-refractivity contribution is -0.120. The first-order valence-corrected chi connectivity index (χ1v) is 7.31. The summed E-state index contributed by atoms with van der Waals surface area (Å²) in [6.07, 6.45) is 2.39. The molecular formula is C16H19ClN2O2. The third-order valence-corrected chi connectivity index (χ3v) is 3.40. The quantitative estimate of drug-likeness (QED) is 0.827. The summed E-state index contributed by atoms with van der Waals surface area (Å²) in [5.41, 5.74) is 1.11. The molecule has 0 aliphatic rings. The monoisotopic (exact) mass is 306 g/mol. The van der Waals surface area contributed by atoms with Gasteiger partial charge in [-0.1, -0.05) is 23.7 Å². The van der Waals surface area contributed by atoms with Gasteiger partial charge in [-0.3, -0.25) is 10.1 Å². The van der Waals surface area contributed by atoms with Gasteiger partial charge in [0.2, 0.25) is 5.91 Å². The van der Waals surface area contributed by atoms with Crippen molar-refractivity contribution in [2.75, 3.05) is 13.1 Å². The highest BCUT2D eigenvalue weighted by molar-refractivity contribution is 6.30. The van der Waals surface area contributed by atoms with Crippen LogP contribution in [-0.2, 0) is 11.2 Å². The molecule has 1 heterocycles. The molecule has 5 heteroatoms. The fraction of sp³-hybridized carbons (Fsp3) is 0.312. The second kappa shape index (κ2) is 7.86. The van der Waals surface area contributed by atoms with Crippen LogP contribution in [0.3, 0.4) is 0 Å². The number of hydrogen-bond donors (Lipinski definition) is 2. The van der Waals surface area contributed by atoms with Gasteiger partial charge in [0.1, 0.15) is 5.76 Å². The minimum Gasteiger partial charge on any atom is -0.468 e. The molecule has 2 N–H and O–H groups in total. The minimum absolute atomic E-state index is 0.0127. The van der Waals surface area contributed by atoms with Crippen LogP contribution in [0.2, 0.25) is 5.02 Å². The van der Waals surface area contributed by atoms with Crippen LogP contribution in [0.4, 0.5) is 0 Å². The number of amides is 1. The van der Waals surface area contributed by atoms with Crippen molar-refractivity contribution in [3.05, 3.63) is 59.0 Å². The maximum absolute atomic E-state index is 11.7. The molecule has 1 aromatic carbocycles. The Morgan fingerprint density at radius 2 is 2.19 bits per heavy atom. The average Bonchev–Trinajstić information content (AvgIpc) is 2.99. The van der Waals surface area contributed by atoms with Crippen LogP contribution in [0.1, 0.15) is 24.3 Å². The van der Waals surface area contributed by atoms with Crippen LogP contribution >= 0.6 is 11.6 Å². The van der Waals surface area contributed by atoms with Gasteiger partial charge in [-0.15, -0.1) is 0 Å². The van der Waals surface area contributed by atoms with E-state index in [-0.39, 0.29) is 18.5 Å². The van der Waals surface area contributed by atoms with Crippen molar-refractivity contribution in [1.29, 1.82) is 0 Å². The molecule has 1 aromatic heterocycles. The Labute approximate surface area is 129 Å². The van der Waals surface area contributed by atoms with Gasteiger partial charge in [0, 0.05) is 11.6 Å². The second-order valence-electron chi connectivity index (χ2n) is 4.85. The van der Waals surface area contributed by atoms with E-state index in [9.17, 15) is 4.79 Å². The summed E-state index contributed by atoms with van der Waals surface area (Å²) in [7, 11) is 0. The molecule has 0 bridgehead atoms. The number of halogens is 1. The highest BCUT2D eigenvalue weighted by atomic mass is 35.5. The Morgan fingerprint density at radius 3 is 2.90 bits per heavy atom. The molecule has 112 valence electrons. The number of carbonyl (C=O) groups excluding carboxylic acids is 1. The molecule has 1 atom stereocenters. The van der Waals surface area contributed by atoms with Crippen molar-refractivity contribution in [3.63, 3.8) is 0 Å². The Balaban J connectivity index is 1.66. The van der Waals surface area contributed by atoms with E-state index in [2.05, 4.69) is 10.6 Å². The fourth-order valence-corrected chi connectivity index (χ4v) is 2.20. The molecule has 0 saturated heterocycles. The Bertz CT molecular complexity index is 569. The summed E-state index contributed by atoms with van der Waals surface area (Å²) in [4.78, 5) is 11.7. The summed E-state index contributed by atoms with van der Waals surface area (Å²) in [6.45, 7) is 2.81. The molecule has 2 aromatic rings. The topological polar surface area (TPSA) is 54.3 Å². The minimum atomic E-state index is -0.0320. The zero-order chi connectivity index (χ0) is 15.1. The van der Waals surface area contributed by atoms with Crippen LogP contribution in [0.15, 0.2) is 47.1 Å². The lowest BCUT2D eigenvalue weighted by Crippen LogP contribution is -2.35. The summed E-state index contributed by atoms with van der Waals surface area (Å²) in [6, 6.07) is 11.4. The molecule has 0 aliphatic heterocycles. The molecule has 1 amide bonds. The van der Waals surface area contributed by atoms with Gasteiger partial charge >= 0.3 is 0 Å². The standard InChI is InChI=1S/C16H19ClN2O2/c1-12(15-6-3-9-21-15)19-11-16(20)18-8-7-13-4-2-5-14(17)10-13/h2-6,9-10,12,19H,7-8,11H2,1H3,(H,18,20)/t12-/m0/s1. The number of carbonyl (C=O) groups is 1. The van der Waals surface area contributed by atoms with E-state index in [0.29, 0.717) is 11.6 Å². The van der Waals surface area contributed by atoms with Gasteiger partial charge in [0.05, 0.1) is 18.8 Å². The van der Waals surface area contributed by atoms with Crippen molar-refractivity contribution in [1.82, 2.24) is 10.6 Å². The second-order valence-corrected chi connectivity index (χ2v) is 5.28. The number of nitrogens with one attached hydrogen (secondary N) is 2. The zero-order valence-electron chi connectivity index (χ0n) is 11.9. The van der Waals surface area contributed by atoms with E-state index < -0.39 is 0 Å². The van der Waals surface area contributed by atoms with Gasteiger partial charge in [0.25, 0.3) is 0 Å². The normalized spacial score (nSPS) is 12.1. The average molecular weight is 307 g/mol. The van der Waals surface area contributed by atoms with E-state index in [1.165, 1.54) is 0 Å². The molecule has 0 unspecified atom stereocenters. The number of furan rings is 1. The van der Waals surface area contributed by atoms with Crippen LogP contribution < -0.4 is 10.6 Å². The van der Waals surface area contributed by atoms with Crippen molar-refractivity contribution in [3.8, 4) is 0 Å². The van der Waals surface area contributed by atoms with Crippen molar-refractivity contribution < 1.29 is 9.21 Å². The molecule has 0 spiro atoms. The summed E-state index contributed by atoms with van der Waals surface area (Å²) < 4.78 is 5.27. The van der Waals surface area contributed by atoms with Crippen LogP contribution in [-0.4, -0.2) is 19.0 Å². The van der Waals surface area contributed by atoms with E-state index in [0.717, 1.165) is 17.7 Å². The fourth-order valence-electron chi connectivity index (χ4n) is 1.99. The Morgan fingerprint density at radius 1 is 1.33 bits per heavy atom. The van der Waals surface area contributed by atoms with E-state index in [1.54, 1.807) is 6.26 Å². The van der Waals surface area contributed by atoms with E-state index in [4.69, 9.17) is 16.0 Å². The first-order chi connectivity index (χ1) is 10.1. The third kappa shape index (κ3) is 5.25. The molecule has 0 radical (unpaired) electrons. The third-order valence-electron chi connectivity index (χ3n) is 3.16. The van der Waals surface area contributed by atoms with Crippen molar-refractivity contribution in [2.45, 2.75) is 19.4 Å². The molecule has 21 heavy (non-hydrogen) atoms. The maximum atomic E-state index is 11.7. The molecular weight excluding hydrogens is 288 g/mol. The molecule has 0 fully saturated rings. The van der Waals surface area contributed by atoms with Gasteiger partial charge in [0.15, 0.2) is 0 Å². The van der Waals surface area contributed by atoms with Crippen LogP contribution in [0.5, 0.6) is 0 Å². The van der Waals surface area contributed by atoms with Crippen LogP contribution in [0, 0.1) is 0 Å². The highest BCUT2D eigenvalue weighted by Gasteiger charge is 2.09. The molecule has 0 saturated carbocycles. The molecule has 0 aliphatic carbocycles.